The Morgan fingerprint density at radius 1 is 1.31 bits per heavy atom. The van der Waals surface area contributed by atoms with E-state index in [1.807, 2.05) is 32.2 Å². The van der Waals surface area contributed by atoms with E-state index in [2.05, 4.69) is 11.0 Å². The largest absolute Gasteiger partial charge is 0.472 e. The number of benzene rings is 1. The first-order chi connectivity index (χ1) is 7.66. The standard InChI is InChI=1S/C13H16N2O/c1-10-3-4-12(7-13(10)14)15(2)8-11-5-6-16-9-11/h3-7,9H,8,14H2,1-2H3. The summed E-state index contributed by atoms with van der Waals surface area (Å²) in [4.78, 5) is 2.14. The van der Waals surface area contributed by atoms with E-state index in [4.69, 9.17) is 10.2 Å². The lowest BCUT2D eigenvalue weighted by Crippen LogP contribution is -2.16. The molecule has 84 valence electrons. The summed E-state index contributed by atoms with van der Waals surface area (Å²) in [5, 5.41) is 0. The van der Waals surface area contributed by atoms with Crippen molar-refractivity contribution in [2.24, 2.45) is 0 Å². The molecule has 0 amide bonds. The third-order valence-electron chi connectivity index (χ3n) is 2.70. The van der Waals surface area contributed by atoms with Crippen molar-refractivity contribution in [2.75, 3.05) is 17.7 Å². The Labute approximate surface area is 95.5 Å². The van der Waals surface area contributed by atoms with Gasteiger partial charge in [-0.15, -0.1) is 0 Å². The summed E-state index contributed by atoms with van der Waals surface area (Å²) in [6.07, 6.45) is 3.45. The third kappa shape index (κ3) is 2.19. The predicted molar refractivity (Wildman–Crippen MR) is 66.4 cm³/mol. The van der Waals surface area contributed by atoms with E-state index in [9.17, 15) is 0 Å². The minimum Gasteiger partial charge on any atom is -0.472 e. The molecule has 1 aromatic heterocycles. The minimum absolute atomic E-state index is 0.818. The highest BCUT2D eigenvalue weighted by molar-refractivity contribution is 5.59. The molecule has 0 spiro atoms. The van der Waals surface area contributed by atoms with Crippen LogP contribution in [-0.2, 0) is 6.54 Å². The smallest absolute Gasteiger partial charge is 0.0952 e. The molecule has 0 radical (unpaired) electrons. The van der Waals surface area contributed by atoms with Crippen molar-refractivity contribution in [2.45, 2.75) is 13.5 Å². The summed E-state index contributed by atoms with van der Waals surface area (Å²) in [5.41, 5.74) is 10.1. The maximum atomic E-state index is 5.89. The SMILES string of the molecule is Cc1ccc(N(C)Cc2ccoc2)cc1N. The van der Waals surface area contributed by atoms with E-state index in [0.29, 0.717) is 0 Å². The molecule has 0 bridgehead atoms. The summed E-state index contributed by atoms with van der Waals surface area (Å²) in [7, 11) is 2.04. The van der Waals surface area contributed by atoms with E-state index in [1.54, 1.807) is 12.5 Å². The van der Waals surface area contributed by atoms with Crippen LogP contribution < -0.4 is 10.6 Å². The van der Waals surface area contributed by atoms with E-state index < -0.39 is 0 Å². The van der Waals surface area contributed by atoms with Gasteiger partial charge in [-0.1, -0.05) is 6.07 Å². The van der Waals surface area contributed by atoms with E-state index in [-0.39, 0.29) is 0 Å². The highest BCUT2D eigenvalue weighted by Gasteiger charge is 2.04. The molecule has 2 rings (SSSR count). The number of aryl methyl sites for hydroxylation is 1. The molecule has 0 aliphatic heterocycles. The quantitative estimate of drug-likeness (QED) is 0.802. The molecule has 0 aliphatic carbocycles. The Kier molecular flexibility index (Phi) is 2.86. The molecule has 3 heteroatoms. The van der Waals surface area contributed by atoms with Crippen LogP contribution in [0.25, 0.3) is 0 Å². The molecule has 2 aromatic rings. The van der Waals surface area contributed by atoms with Gasteiger partial charge >= 0.3 is 0 Å². The zero-order valence-corrected chi connectivity index (χ0v) is 9.60. The molecule has 16 heavy (non-hydrogen) atoms. The van der Waals surface area contributed by atoms with Gasteiger partial charge in [0.05, 0.1) is 12.5 Å². The van der Waals surface area contributed by atoms with Crippen LogP contribution in [0.5, 0.6) is 0 Å². The van der Waals surface area contributed by atoms with Crippen molar-refractivity contribution < 1.29 is 4.42 Å². The molecule has 0 fully saturated rings. The van der Waals surface area contributed by atoms with Crippen LogP contribution >= 0.6 is 0 Å². The Bertz CT molecular complexity index is 463. The Morgan fingerprint density at radius 2 is 2.12 bits per heavy atom. The lowest BCUT2D eigenvalue weighted by molar-refractivity contribution is 0.563. The number of nitrogens with zero attached hydrogens (tertiary/aromatic N) is 1. The van der Waals surface area contributed by atoms with Crippen molar-refractivity contribution in [3.8, 4) is 0 Å². The summed E-state index contributed by atoms with van der Waals surface area (Å²) < 4.78 is 5.04. The Morgan fingerprint density at radius 3 is 2.75 bits per heavy atom. The summed E-state index contributed by atoms with van der Waals surface area (Å²) in [5.74, 6) is 0. The van der Waals surface area contributed by atoms with Gasteiger partial charge < -0.3 is 15.1 Å². The minimum atomic E-state index is 0.818. The third-order valence-corrected chi connectivity index (χ3v) is 2.70. The number of nitrogen functional groups attached to an aromatic ring is 1. The van der Waals surface area contributed by atoms with Crippen LogP contribution in [0, 0.1) is 6.92 Å². The van der Waals surface area contributed by atoms with Crippen molar-refractivity contribution in [3.63, 3.8) is 0 Å². The van der Waals surface area contributed by atoms with Crippen LogP contribution in [0.4, 0.5) is 11.4 Å². The van der Waals surface area contributed by atoms with Crippen LogP contribution in [-0.4, -0.2) is 7.05 Å². The van der Waals surface area contributed by atoms with Crippen molar-refractivity contribution in [3.05, 3.63) is 47.9 Å². The zero-order chi connectivity index (χ0) is 11.5. The summed E-state index contributed by atoms with van der Waals surface area (Å²) >= 11 is 0. The monoisotopic (exact) mass is 216 g/mol. The maximum Gasteiger partial charge on any atom is 0.0952 e. The molecule has 1 aromatic carbocycles. The normalized spacial score (nSPS) is 10.4. The topological polar surface area (TPSA) is 42.4 Å². The average molecular weight is 216 g/mol. The van der Waals surface area contributed by atoms with Gasteiger partial charge in [0.1, 0.15) is 0 Å². The van der Waals surface area contributed by atoms with Gasteiger partial charge in [0, 0.05) is 30.5 Å². The van der Waals surface area contributed by atoms with Gasteiger partial charge in [-0.2, -0.15) is 0 Å². The Balaban J connectivity index is 2.14. The highest BCUT2D eigenvalue weighted by atomic mass is 16.3. The van der Waals surface area contributed by atoms with Crippen LogP contribution in [0.2, 0.25) is 0 Å². The van der Waals surface area contributed by atoms with E-state index in [0.717, 1.165) is 29.0 Å². The fourth-order valence-electron chi connectivity index (χ4n) is 1.61. The molecule has 2 N–H and O–H groups in total. The Hall–Kier alpha value is -1.90. The van der Waals surface area contributed by atoms with Crippen molar-refractivity contribution in [1.29, 1.82) is 0 Å². The van der Waals surface area contributed by atoms with Crippen LogP contribution in [0.3, 0.4) is 0 Å². The second-order valence-corrected chi connectivity index (χ2v) is 4.03. The highest BCUT2D eigenvalue weighted by Crippen LogP contribution is 2.21. The second kappa shape index (κ2) is 4.31. The van der Waals surface area contributed by atoms with Gasteiger partial charge in [-0.05, 0) is 30.7 Å². The molecule has 3 nitrogen and oxygen atoms in total. The number of nitrogens with two attached hydrogens (primary N) is 1. The molecule has 0 saturated carbocycles. The van der Waals surface area contributed by atoms with Gasteiger partial charge in [0.2, 0.25) is 0 Å². The molecular weight excluding hydrogens is 200 g/mol. The maximum absolute atomic E-state index is 5.89. The molecule has 1 heterocycles. The lowest BCUT2D eigenvalue weighted by Gasteiger charge is -2.19. The van der Waals surface area contributed by atoms with Crippen molar-refractivity contribution in [1.82, 2.24) is 0 Å². The zero-order valence-electron chi connectivity index (χ0n) is 9.60. The fraction of sp³-hybridized carbons (Fsp3) is 0.231. The van der Waals surface area contributed by atoms with Gasteiger partial charge in [0.25, 0.3) is 0 Å². The van der Waals surface area contributed by atoms with Gasteiger partial charge in [-0.3, -0.25) is 0 Å². The first-order valence-electron chi connectivity index (χ1n) is 5.25. The van der Waals surface area contributed by atoms with Gasteiger partial charge in [0.15, 0.2) is 0 Å². The van der Waals surface area contributed by atoms with E-state index in [1.165, 1.54) is 0 Å². The summed E-state index contributed by atoms with van der Waals surface area (Å²) in [6.45, 7) is 2.83. The van der Waals surface area contributed by atoms with E-state index >= 15 is 0 Å². The lowest BCUT2D eigenvalue weighted by atomic mass is 10.1. The molecule has 0 atom stereocenters. The fourth-order valence-corrected chi connectivity index (χ4v) is 1.61. The molecular formula is C13H16N2O. The number of rotatable bonds is 3. The average Bonchev–Trinajstić information content (AvgIpc) is 2.74. The van der Waals surface area contributed by atoms with Crippen molar-refractivity contribution >= 4 is 11.4 Å². The number of hydrogen-bond donors (Lipinski definition) is 1. The molecule has 0 unspecified atom stereocenters. The first kappa shape index (κ1) is 10.6. The number of hydrogen-bond acceptors (Lipinski definition) is 3. The first-order valence-corrected chi connectivity index (χ1v) is 5.25. The predicted octanol–water partition coefficient (Wildman–Crippen LogP) is 2.81. The van der Waals surface area contributed by atoms with Gasteiger partial charge in [-0.25, -0.2) is 0 Å². The van der Waals surface area contributed by atoms with Crippen LogP contribution in [0.15, 0.2) is 41.2 Å². The molecule has 0 saturated heterocycles. The van der Waals surface area contributed by atoms with Crippen LogP contribution in [0.1, 0.15) is 11.1 Å². The number of anilines is 2. The summed E-state index contributed by atoms with van der Waals surface area (Å²) in [6, 6.07) is 8.08. The second-order valence-electron chi connectivity index (χ2n) is 4.03. The molecule has 0 aliphatic rings. The number of furan rings is 1.